The van der Waals surface area contributed by atoms with E-state index in [0.29, 0.717) is 0 Å². The molecule has 3 N–H and O–H groups in total. The van der Waals surface area contributed by atoms with Crippen molar-refractivity contribution in [2.75, 3.05) is 6.54 Å². The van der Waals surface area contributed by atoms with Crippen LogP contribution in [-0.4, -0.2) is 31.3 Å². The molecule has 106 valence electrons. The van der Waals surface area contributed by atoms with Crippen molar-refractivity contribution in [1.82, 2.24) is 0 Å². The molecule has 6 heteroatoms. The Hall–Kier alpha value is -1.40. The van der Waals surface area contributed by atoms with E-state index in [1.165, 1.54) is 12.1 Å². The lowest BCUT2D eigenvalue weighted by atomic mass is 9.87. The highest BCUT2D eigenvalue weighted by Gasteiger charge is 2.32. The third kappa shape index (κ3) is 3.33. The predicted molar refractivity (Wildman–Crippen MR) is 72.8 cm³/mol. The molecular formula is C13H19NO4S. The van der Waals surface area contributed by atoms with Gasteiger partial charge in [-0.15, -0.1) is 0 Å². The highest BCUT2D eigenvalue weighted by molar-refractivity contribution is 7.92. The smallest absolute Gasteiger partial charge is 0.323 e. The first-order chi connectivity index (χ1) is 8.60. The summed E-state index contributed by atoms with van der Waals surface area (Å²) >= 11 is 0. The summed E-state index contributed by atoms with van der Waals surface area (Å²) in [5.74, 6) is -1.43. The highest BCUT2D eigenvalue weighted by Crippen LogP contribution is 2.24. The Balaban J connectivity index is 3.20. The van der Waals surface area contributed by atoms with Crippen LogP contribution in [0.5, 0.6) is 0 Å². The predicted octanol–water partition coefficient (Wildman–Crippen LogP) is 1.17. The Labute approximate surface area is 113 Å². The number of carbonyl (C=O) groups is 1. The average molecular weight is 285 g/mol. The van der Waals surface area contributed by atoms with Crippen LogP contribution in [0.15, 0.2) is 29.2 Å². The fourth-order valence-electron chi connectivity index (χ4n) is 1.67. The molecule has 0 aliphatic heterocycles. The summed E-state index contributed by atoms with van der Waals surface area (Å²) in [6, 6.07) is 6.26. The molecule has 1 aromatic rings. The summed E-state index contributed by atoms with van der Waals surface area (Å²) < 4.78 is 24.2. The molecule has 0 aliphatic rings. The van der Waals surface area contributed by atoms with Gasteiger partial charge in [-0.1, -0.05) is 32.9 Å². The number of carboxylic acids is 1. The van der Waals surface area contributed by atoms with Gasteiger partial charge in [0.2, 0.25) is 0 Å². The van der Waals surface area contributed by atoms with Gasteiger partial charge in [0, 0.05) is 6.54 Å². The van der Waals surface area contributed by atoms with E-state index in [9.17, 15) is 13.2 Å². The Kier molecular flexibility index (Phi) is 4.37. The van der Waals surface area contributed by atoms with Gasteiger partial charge in [0.05, 0.1) is 4.90 Å². The van der Waals surface area contributed by atoms with Crippen LogP contribution in [0, 0.1) is 0 Å². The SMILES string of the molecule is CC(C)(C)c1ccc(S(=O)(=O)C(CN)C(=O)O)cc1. The maximum Gasteiger partial charge on any atom is 0.323 e. The van der Waals surface area contributed by atoms with Crippen molar-refractivity contribution in [3.8, 4) is 0 Å². The van der Waals surface area contributed by atoms with Crippen LogP contribution in [0.25, 0.3) is 0 Å². The second kappa shape index (κ2) is 5.30. The van der Waals surface area contributed by atoms with E-state index in [-0.39, 0.29) is 10.3 Å². The minimum absolute atomic E-state index is 0.0154. The van der Waals surface area contributed by atoms with Gasteiger partial charge >= 0.3 is 5.97 Å². The third-order valence-corrected chi connectivity index (χ3v) is 4.99. The van der Waals surface area contributed by atoms with Crippen molar-refractivity contribution in [2.24, 2.45) is 5.73 Å². The molecule has 0 aliphatic carbocycles. The summed E-state index contributed by atoms with van der Waals surface area (Å²) in [4.78, 5) is 10.9. The first-order valence-corrected chi connectivity index (χ1v) is 7.42. The van der Waals surface area contributed by atoms with Gasteiger partial charge in [-0.2, -0.15) is 0 Å². The van der Waals surface area contributed by atoms with Gasteiger partial charge in [0.25, 0.3) is 0 Å². The maximum atomic E-state index is 12.1. The molecule has 1 unspecified atom stereocenters. The standard InChI is InChI=1S/C13H19NO4S/c1-13(2,3)9-4-6-10(7-5-9)19(17,18)11(8-14)12(15)16/h4-7,11H,8,14H2,1-3H3,(H,15,16). The number of sulfone groups is 1. The van der Waals surface area contributed by atoms with Crippen LogP contribution in [0.3, 0.4) is 0 Å². The zero-order valence-electron chi connectivity index (χ0n) is 11.3. The van der Waals surface area contributed by atoms with Gasteiger partial charge in [-0.05, 0) is 23.1 Å². The maximum absolute atomic E-state index is 12.1. The van der Waals surface area contributed by atoms with Crippen molar-refractivity contribution in [2.45, 2.75) is 36.3 Å². The number of benzene rings is 1. The van der Waals surface area contributed by atoms with Gasteiger partial charge in [-0.3, -0.25) is 4.79 Å². The van der Waals surface area contributed by atoms with Crippen molar-refractivity contribution in [1.29, 1.82) is 0 Å². The molecule has 0 amide bonds. The summed E-state index contributed by atoms with van der Waals surface area (Å²) in [6.45, 7) is 5.59. The molecule has 1 aromatic carbocycles. The van der Waals surface area contributed by atoms with Gasteiger partial charge < -0.3 is 10.8 Å². The molecule has 0 heterocycles. The second-order valence-electron chi connectivity index (χ2n) is 5.38. The fourth-order valence-corrected chi connectivity index (χ4v) is 3.03. The van der Waals surface area contributed by atoms with E-state index in [4.69, 9.17) is 10.8 Å². The monoisotopic (exact) mass is 285 g/mol. The lowest BCUT2D eigenvalue weighted by Crippen LogP contribution is -2.37. The second-order valence-corrected chi connectivity index (χ2v) is 7.51. The Morgan fingerprint density at radius 3 is 2.05 bits per heavy atom. The number of hydrogen-bond donors (Lipinski definition) is 2. The van der Waals surface area contributed by atoms with E-state index in [1.807, 2.05) is 20.8 Å². The van der Waals surface area contributed by atoms with Crippen molar-refractivity contribution < 1.29 is 18.3 Å². The van der Waals surface area contributed by atoms with Gasteiger partial charge in [-0.25, -0.2) is 8.42 Å². The van der Waals surface area contributed by atoms with E-state index in [1.54, 1.807) is 12.1 Å². The molecule has 0 bridgehead atoms. The number of aliphatic carboxylic acids is 1. The van der Waals surface area contributed by atoms with E-state index in [0.717, 1.165) is 5.56 Å². The summed E-state index contributed by atoms with van der Waals surface area (Å²) in [7, 11) is -3.94. The molecular weight excluding hydrogens is 266 g/mol. The quantitative estimate of drug-likeness (QED) is 0.865. The molecule has 1 atom stereocenters. The van der Waals surface area contributed by atoms with Crippen molar-refractivity contribution in [3.63, 3.8) is 0 Å². The van der Waals surface area contributed by atoms with Crippen LogP contribution < -0.4 is 5.73 Å². The molecule has 0 saturated carbocycles. The Morgan fingerprint density at radius 1 is 1.26 bits per heavy atom. The molecule has 0 radical (unpaired) electrons. The van der Waals surface area contributed by atoms with Crippen molar-refractivity contribution >= 4 is 15.8 Å². The largest absolute Gasteiger partial charge is 0.480 e. The Morgan fingerprint density at radius 2 is 1.74 bits per heavy atom. The van der Waals surface area contributed by atoms with Crippen LogP contribution in [-0.2, 0) is 20.0 Å². The fraction of sp³-hybridized carbons (Fsp3) is 0.462. The molecule has 0 aromatic heterocycles. The lowest BCUT2D eigenvalue weighted by Gasteiger charge is -2.19. The Bertz CT molecular complexity index is 555. The molecule has 5 nitrogen and oxygen atoms in total. The van der Waals surface area contributed by atoms with E-state index < -0.39 is 27.6 Å². The summed E-state index contributed by atoms with van der Waals surface area (Å²) in [5, 5.41) is 7.29. The van der Waals surface area contributed by atoms with Crippen molar-refractivity contribution in [3.05, 3.63) is 29.8 Å². The molecule has 19 heavy (non-hydrogen) atoms. The number of hydrogen-bond acceptors (Lipinski definition) is 4. The van der Waals surface area contributed by atoms with Crippen LogP contribution in [0.2, 0.25) is 0 Å². The lowest BCUT2D eigenvalue weighted by molar-refractivity contribution is -0.136. The molecule has 0 fully saturated rings. The third-order valence-electron chi connectivity index (χ3n) is 2.91. The molecule has 1 rings (SSSR count). The zero-order chi connectivity index (χ0) is 14.8. The van der Waals surface area contributed by atoms with Gasteiger partial charge in [0.1, 0.15) is 0 Å². The minimum Gasteiger partial charge on any atom is -0.480 e. The van der Waals surface area contributed by atoms with Crippen LogP contribution >= 0.6 is 0 Å². The normalized spacial score (nSPS) is 14.1. The van der Waals surface area contributed by atoms with E-state index in [2.05, 4.69) is 0 Å². The summed E-state index contributed by atoms with van der Waals surface area (Å²) in [5.41, 5.74) is 6.12. The first-order valence-electron chi connectivity index (χ1n) is 5.88. The van der Waals surface area contributed by atoms with E-state index >= 15 is 0 Å². The molecule has 0 saturated heterocycles. The van der Waals surface area contributed by atoms with Crippen LogP contribution in [0.1, 0.15) is 26.3 Å². The minimum atomic E-state index is -3.94. The zero-order valence-corrected chi connectivity index (χ0v) is 12.1. The summed E-state index contributed by atoms with van der Waals surface area (Å²) in [6.07, 6.45) is 0. The average Bonchev–Trinajstić information content (AvgIpc) is 2.28. The van der Waals surface area contributed by atoms with Gasteiger partial charge in [0.15, 0.2) is 15.1 Å². The number of nitrogens with two attached hydrogens (primary N) is 1. The molecule has 0 spiro atoms. The highest BCUT2D eigenvalue weighted by atomic mass is 32.2. The topological polar surface area (TPSA) is 97.5 Å². The first kappa shape index (κ1) is 15.7. The number of rotatable bonds is 4. The van der Waals surface area contributed by atoms with Crippen LogP contribution in [0.4, 0.5) is 0 Å². The number of carboxylic acid groups (broad SMARTS) is 1.